The van der Waals surface area contributed by atoms with Crippen molar-refractivity contribution in [3.05, 3.63) is 42.4 Å². The van der Waals surface area contributed by atoms with Crippen molar-refractivity contribution >= 4 is 5.91 Å². The zero-order valence-corrected chi connectivity index (χ0v) is 14.4. The molecule has 1 saturated heterocycles. The molecule has 2 aromatic rings. The SMILES string of the molecule is O=C(CCc1ncc(-c2ccccc2)o1)N[C@@H]1O[C@H](CO)[C@@H](O)[C@H](O)[C@H]1O. The maximum atomic E-state index is 12.1. The van der Waals surface area contributed by atoms with E-state index in [-0.39, 0.29) is 12.8 Å². The van der Waals surface area contributed by atoms with Crippen LogP contribution in [0.5, 0.6) is 0 Å². The van der Waals surface area contributed by atoms with Gasteiger partial charge in [-0.25, -0.2) is 4.98 Å². The number of ether oxygens (including phenoxy) is 1. The number of carbonyl (C=O) groups excluding carboxylic acids is 1. The molecule has 2 heterocycles. The average Bonchev–Trinajstić information content (AvgIpc) is 3.16. The fourth-order valence-electron chi connectivity index (χ4n) is 2.83. The molecule has 5 N–H and O–H groups in total. The van der Waals surface area contributed by atoms with E-state index in [0.29, 0.717) is 11.7 Å². The van der Waals surface area contributed by atoms with Crippen LogP contribution < -0.4 is 5.32 Å². The van der Waals surface area contributed by atoms with Crippen molar-refractivity contribution in [1.29, 1.82) is 0 Å². The average molecular weight is 378 g/mol. The van der Waals surface area contributed by atoms with Crippen LogP contribution in [0.2, 0.25) is 0 Å². The number of aliphatic hydroxyl groups excluding tert-OH is 4. The largest absolute Gasteiger partial charge is 0.441 e. The molecule has 0 spiro atoms. The molecule has 1 amide bonds. The van der Waals surface area contributed by atoms with Crippen LogP contribution >= 0.6 is 0 Å². The predicted octanol–water partition coefficient (Wildman–Crippen LogP) is -0.810. The van der Waals surface area contributed by atoms with E-state index in [0.717, 1.165) is 5.56 Å². The number of benzene rings is 1. The first kappa shape index (κ1) is 19.5. The van der Waals surface area contributed by atoms with E-state index >= 15 is 0 Å². The first-order valence-electron chi connectivity index (χ1n) is 8.59. The van der Waals surface area contributed by atoms with Crippen LogP contribution in [0.15, 0.2) is 40.9 Å². The Balaban J connectivity index is 1.53. The lowest BCUT2D eigenvalue weighted by Gasteiger charge is -2.40. The minimum absolute atomic E-state index is 0.0176. The third-order valence-electron chi connectivity index (χ3n) is 4.37. The monoisotopic (exact) mass is 378 g/mol. The topological polar surface area (TPSA) is 145 Å². The highest BCUT2D eigenvalue weighted by molar-refractivity contribution is 5.76. The zero-order valence-electron chi connectivity index (χ0n) is 14.4. The predicted molar refractivity (Wildman–Crippen MR) is 92.2 cm³/mol. The maximum Gasteiger partial charge on any atom is 0.222 e. The van der Waals surface area contributed by atoms with Crippen LogP contribution in [-0.2, 0) is 16.0 Å². The minimum atomic E-state index is -1.54. The molecule has 1 aliphatic rings. The molecule has 146 valence electrons. The van der Waals surface area contributed by atoms with Gasteiger partial charge in [-0.15, -0.1) is 0 Å². The molecule has 0 unspecified atom stereocenters. The van der Waals surface area contributed by atoms with Crippen LogP contribution in [0, 0.1) is 0 Å². The van der Waals surface area contributed by atoms with Crippen LogP contribution in [0.25, 0.3) is 11.3 Å². The lowest BCUT2D eigenvalue weighted by Crippen LogP contribution is -2.63. The van der Waals surface area contributed by atoms with Gasteiger partial charge in [0, 0.05) is 18.4 Å². The molecule has 1 aromatic heterocycles. The summed E-state index contributed by atoms with van der Waals surface area (Å²) in [6.07, 6.45) is -5.01. The van der Waals surface area contributed by atoms with Crippen molar-refractivity contribution in [2.24, 2.45) is 0 Å². The van der Waals surface area contributed by atoms with Gasteiger partial charge in [0.1, 0.15) is 24.4 Å². The lowest BCUT2D eigenvalue weighted by molar-refractivity contribution is -0.235. The normalized spacial score (nSPS) is 28.1. The Labute approximate surface area is 155 Å². The molecule has 0 radical (unpaired) electrons. The van der Waals surface area contributed by atoms with Crippen molar-refractivity contribution in [3.63, 3.8) is 0 Å². The first-order valence-corrected chi connectivity index (χ1v) is 8.59. The summed E-state index contributed by atoms with van der Waals surface area (Å²) in [6, 6.07) is 9.42. The number of carbonyl (C=O) groups is 1. The number of oxazole rings is 1. The Morgan fingerprint density at radius 3 is 2.56 bits per heavy atom. The van der Waals surface area contributed by atoms with E-state index in [9.17, 15) is 20.1 Å². The van der Waals surface area contributed by atoms with Crippen LogP contribution in [-0.4, -0.2) is 68.6 Å². The van der Waals surface area contributed by atoms with Gasteiger partial charge in [0.05, 0.1) is 12.8 Å². The Hall–Kier alpha value is -2.30. The molecule has 1 aliphatic heterocycles. The van der Waals surface area contributed by atoms with Crippen molar-refractivity contribution in [1.82, 2.24) is 10.3 Å². The van der Waals surface area contributed by atoms with Gasteiger partial charge < -0.3 is 34.9 Å². The number of aromatic nitrogens is 1. The van der Waals surface area contributed by atoms with Gasteiger partial charge in [-0.3, -0.25) is 4.79 Å². The van der Waals surface area contributed by atoms with E-state index in [2.05, 4.69) is 10.3 Å². The third-order valence-corrected chi connectivity index (χ3v) is 4.37. The molecule has 0 bridgehead atoms. The molecule has 9 heteroatoms. The van der Waals surface area contributed by atoms with Gasteiger partial charge in [-0.2, -0.15) is 0 Å². The highest BCUT2D eigenvalue weighted by Gasteiger charge is 2.43. The van der Waals surface area contributed by atoms with Crippen LogP contribution in [0.3, 0.4) is 0 Å². The lowest BCUT2D eigenvalue weighted by atomic mass is 9.98. The third kappa shape index (κ3) is 4.52. The second kappa shape index (κ2) is 8.59. The molecule has 0 aliphatic carbocycles. The molecule has 1 aromatic carbocycles. The molecular formula is C18H22N2O7. The van der Waals surface area contributed by atoms with Gasteiger partial charge in [0.15, 0.2) is 17.9 Å². The number of hydrogen-bond acceptors (Lipinski definition) is 8. The highest BCUT2D eigenvalue weighted by Crippen LogP contribution is 2.21. The summed E-state index contributed by atoms with van der Waals surface area (Å²) in [5.41, 5.74) is 0.877. The fraction of sp³-hybridized carbons (Fsp3) is 0.444. The Morgan fingerprint density at radius 2 is 1.85 bits per heavy atom. The standard InChI is InChI=1S/C18H22N2O7/c21-9-12-15(23)16(24)17(25)18(27-12)20-13(22)6-7-14-19-8-11(26-14)10-4-2-1-3-5-10/h1-5,8,12,15-18,21,23-25H,6-7,9H2,(H,20,22)/t12-,15-,16+,17-,18-/m1/s1. The summed E-state index contributed by atoms with van der Waals surface area (Å²) in [5.74, 6) is 0.525. The molecular weight excluding hydrogens is 356 g/mol. The number of aryl methyl sites for hydroxylation is 1. The van der Waals surface area contributed by atoms with E-state index in [1.54, 1.807) is 6.20 Å². The number of aliphatic hydroxyl groups is 4. The van der Waals surface area contributed by atoms with Gasteiger partial charge in [-0.1, -0.05) is 30.3 Å². The second-order valence-corrected chi connectivity index (χ2v) is 6.30. The van der Waals surface area contributed by atoms with E-state index in [1.165, 1.54) is 0 Å². The van der Waals surface area contributed by atoms with Crippen LogP contribution in [0.1, 0.15) is 12.3 Å². The highest BCUT2D eigenvalue weighted by atomic mass is 16.6. The van der Waals surface area contributed by atoms with Gasteiger partial charge in [-0.05, 0) is 0 Å². The summed E-state index contributed by atoms with van der Waals surface area (Å²) in [5, 5.41) is 41.0. The maximum absolute atomic E-state index is 12.1. The van der Waals surface area contributed by atoms with Crippen molar-refractivity contribution in [3.8, 4) is 11.3 Å². The smallest absolute Gasteiger partial charge is 0.222 e. The zero-order chi connectivity index (χ0) is 19.4. The summed E-state index contributed by atoms with van der Waals surface area (Å²) >= 11 is 0. The molecule has 0 saturated carbocycles. The number of nitrogens with one attached hydrogen (secondary N) is 1. The number of rotatable bonds is 6. The number of nitrogens with zero attached hydrogens (tertiary/aromatic N) is 1. The van der Waals surface area contributed by atoms with Crippen molar-refractivity contribution in [2.75, 3.05) is 6.61 Å². The number of amides is 1. The Kier molecular flexibility index (Phi) is 6.19. The molecule has 9 nitrogen and oxygen atoms in total. The van der Waals surface area contributed by atoms with Gasteiger partial charge in [0.2, 0.25) is 5.91 Å². The van der Waals surface area contributed by atoms with Gasteiger partial charge >= 0.3 is 0 Å². The first-order chi connectivity index (χ1) is 13.0. The molecule has 27 heavy (non-hydrogen) atoms. The van der Waals surface area contributed by atoms with Crippen molar-refractivity contribution < 1.29 is 34.4 Å². The number of hydrogen-bond donors (Lipinski definition) is 5. The van der Waals surface area contributed by atoms with E-state index in [4.69, 9.17) is 14.3 Å². The van der Waals surface area contributed by atoms with Crippen LogP contribution in [0.4, 0.5) is 0 Å². The molecule has 1 fully saturated rings. The Morgan fingerprint density at radius 1 is 1.11 bits per heavy atom. The minimum Gasteiger partial charge on any atom is -0.441 e. The molecule has 3 rings (SSSR count). The molecule has 5 atom stereocenters. The second-order valence-electron chi connectivity index (χ2n) is 6.30. The van der Waals surface area contributed by atoms with Gasteiger partial charge in [0.25, 0.3) is 0 Å². The quantitative estimate of drug-likeness (QED) is 0.439. The fourth-order valence-corrected chi connectivity index (χ4v) is 2.83. The van der Waals surface area contributed by atoms with E-state index in [1.807, 2.05) is 30.3 Å². The Bertz CT molecular complexity index is 749. The summed E-state index contributed by atoms with van der Waals surface area (Å²) in [7, 11) is 0. The summed E-state index contributed by atoms with van der Waals surface area (Å²) in [4.78, 5) is 16.3. The summed E-state index contributed by atoms with van der Waals surface area (Å²) < 4.78 is 10.9. The summed E-state index contributed by atoms with van der Waals surface area (Å²) in [6.45, 7) is -0.560. The van der Waals surface area contributed by atoms with Crippen molar-refractivity contribution in [2.45, 2.75) is 43.5 Å². The van der Waals surface area contributed by atoms with E-state index < -0.39 is 43.2 Å².